The molecule has 0 saturated heterocycles. The highest BCUT2D eigenvalue weighted by molar-refractivity contribution is 5.80. The number of nitrogens with zero attached hydrogens (tertiary/aromatic N) is 3. The molecule has 1 aromatic carbocycles. The average molecular weight is 333 g/mol. The molecule has 3 aromatic rings. The Bertz CT molecular complexity index is 835. The molecule has 2 heterocycles. The van der Waals surface area contributed by atoms with Gasteiger partial charge in [-0.05, 0) is 42.5 Å². The maximum Gasteiger partial charge on any atom is 0.137 e. The van der Waals surface area contributed by atoms with Gasteiger partial charge in [0.2, 0.25) is 0 Å². The molecule has 128 valence electrons. The van der Waals surface area contributed by atoms with Crippen molar-refractivity contribution >= 4 is 5.78 Å². The van der Waals surface area contributed by atoms with Gasteiger partial charge in [0.1, 0.15) is 5.78 Å². The van der Waals surface area contributed by atoms with Crippen LogP contribution in [-0.4, -0.2) is 20.5 Å². The van der Waals surface area contributed by atoms with E-state index in [1.165, 1.54) is 16.7 Å². The molecule has 0 N–H and O–H groups in total. The van der Waals surface area contributed by atoms with Crippen LogP contribution in [0.1, 0.15) is 29.7 Å². The van der Waals surface area contributed by atoms with Crippen LogP contribution >= 0.6 is 0 Å². The smallest absolute Gasteiger partial charge is 0.137 e. The molecule has 0 saturated carbocycles. The summed E-state index contributed by atoms with van der Waals surface area (Å²) in [4.78, 5) is 16.1. The third kappa shape index (κ3) is 4.63. The Balaban J connectivity index is 1.50. The summed E-state index contributed by atoms with van der Waals surface area (Å²) in [6.45, 7) is 2.02. The van der Waals surface area contributed by atoms with Crippen molar-refractivity contribution in [1.29, 1.82) is 0 Å². The van der Waals surface area contributed by atoms with Crippen LogP contribution in [0.25, 0.3) is 11.1 Å². The van der Waals surface area contributed by atoms with E-state index in [1.807, 2.05) is 37.0 Å². The van der Waals surface area contributed by atoms with Crippen LogP contribution in [0.2, 0.25) is 0 Å². The second kappa shape index (κ2) is 7.88. The summed E-state index contributed by atoms with van der Waals surface area (Å²) in [6, 6.07) is 12.4. The van der Waals surface area contributed by atoms with Gasteiger partial charge in [0.05, 0.1) is 5.69 Å². The number of pyridine rings is 1. The first-order valence-electron chi connectivity index (χ1n) is 8.62. The Morgan fingerprint density at radius 3 is 2.56 bits per heavy atom. The summed E-state index contributed by atoms with van der Waals surface area (Å²) in [5, 5.41) is 4.39. The van der Waals surface area contributed by atoms with Gasteiger partial charge in [-0.25, -0.2) is 0 Å². The Morgan fingerprint density at radius 2 is 1.92 bits per heavy atom. The summed E-state index contributed by atoms with van der Waals surface area (Å²) in [5.41, 5.74) is 5.64. The molecule has 4 nitrogen and oxygen atoms in total. The Hall–Kier alpha value is -2.75. The first-order chi connectivity index (χ1) is 12.1. The van der Waals surface area contributed by atoms with Crippen molar-refractivity contribution in [2.75, 3.05) is 0 Å². The maximum atomic E-state index is 12.0. The summed E-state index contributed by atoms with van der Waals surface area (Å²) in [7, 11) is 1.94. The third-order valence-electron chi connectivity index (χ3n) is 4.32. The third-order valence-corrected chi connectivity index (χ3v) is 4.32. The Morgan fingerprint density at radius 1 is 1.12 bits per heavy atom. The van der Waals surface area contributed by atoms with Crippen LogP contribution in [0.5, 0.6) is 0 Å². The molecule has 4 heteroatoms. The molecule has 0 fully saturated rings. The predicted molar refractivity (Wildman–Crippen MR) is 99.3 cm³/mol. The summed E-state index contributed by atoms with van der Waals surface area (Å²) in [6.07, 6.45) is 8.42. The van der Waals surface area contributed by atoms with E-state index in [4.69, 9.17) is 0 Å². The van der Waals surface area contributed by atoms with E-state index in [0.29, 0.717) is 12.8 Å². The van der Waals surface area contributed by atoms with Crippen molar-refractivity contribution in [3.8, 4) is 11.1 Å². The number of carbonyl (C=O) groups excluding carboxylic acids is 1. The molecule has 0 aliphatic heterocycles. The van der Waals surface area contributed by atoms with Gasteiger partial charge in [0.15, 0.2) is 0 Å². The monoisotopic (exact) mass is 333 g/mol. The van der Waals surface area contributed by atoms with Crippen LogP contribution in [0.4, 0.5) is 0 Å². The standard InChI is InChI=1S/C21H23N3O/c1-16-21(15-24(2)23-16)19-10-8-17(9-11-19)5-3-7-20(25)13-18-6-4-12-22-14-18/h4,6,8-12,14-15H,3,5,7,13H2,1-2H3. The minimum atomic E-state index is 0.274. The number of aryl methyl sites for hydroxylation is 3. The van der Waals surface area contributed by atoms with Crippen LogP contribution < -0.4 is 0 Å². The van der Waals surface area contributed by atoms with E-state index >= 15 is 0 Å². The second-order valence-corrected chi connectivity index (χ2v) is 6.43. The van der Waals surface area contributed by atoms with Crippen molar-refractivity contribution in [3.05, 3.63) is 71.8 Å². The van der Waals surface area contributed by atoms with E-state index in [1.54, 1.807) is 12.4 Å². The van der Waals surface area contributed by atoms with Gasteiger partial charge in [-0.1, -0.05) is 30.3 Å². The minimum Gasteiger partial charge on any atom is -0.299 e. The zero-order valence-electron chi connectivity index (χ0n) is 14.8. The molecule has 2 aromatic heterocycles. The number of Topliss-reactive ketones (excluding diaryl/α,β-unsaturated/α-hetero) is 1. The van der Waals surface area contributed by atoms with E-state index in [0.717, 1.165) is 24.1 Å². The van der Waals surface area contributed by atoms with E-state index in [2.05, 4.69) is 34.3 Å². The van der Waals surface area contributed by atoms with Crippen LogP contribution in [-0.2, 0) is 24.7 Å². The fourth-order valence-corrected chi connectivity index (χ4v) is 3.04. The van der Waals surface area contributed by atoms with Crippen LogP contribution in [0, 0.1) is 6.92 Å². The average Bonchev–Trinajstić information content (AvgIpc) is 2.95. The number of benzene rings is 1. The summed E-state index contributed by atoms with van der Waals surface area (Å²) < 4.78 is 1.84. The topological polar surface area (TPSA) is 47.8 Å². The predicted octanol–water partition coefficient (Wildman–Crippen LogP) is 3.93. The minimum absolute atomic E-state index is 0.274. The molecule has 3 rings (SSSR count). The SMILES string of the molecule is Cc1nn(C)cc1-c1ccc(CCCC(=O)Cc2cccnc2)cc1. The van der Waals surface area contributed by atoms with Crippen LogP contribution in [0.3, 0.4) is 0 Å². The molecule has 0 atom stereocenters. The number of hydrogen-bond acceptors (Lipinski definition) is 3. The van der Waals surface area contributed by atoms with Gasteiger partial charge in [-0.15, -0.1) is 0 Å². The number of rotatable bonds is 7. The van der Waals surface area contributed by atoms with E-state index < -0.39 is 0 Å². The zero-order chi connectivity index (χ0) is 17.6. The van der Waals surface area contributed by atoms with Gasteiger partial charge < -0.3 is 0 Å². The number of aromatic nitrogens is 3. The van der Waals surface area contributed by atoms with Crippen molar-refractivity contribution in [2.45, 2.75) is 32.6 Å². The maximum absolute atomic E-state index is 12.0. The summed E-state index contributed by atoms with van der Waals surface area (Å²) in [5.74, 6) is 0.274. The van der Waals surface area contributed by atoms with E-state index in [9.17, 15) is 4.79 Å². The fourth-order valence-electron chi connectivity index (χ4n) is 3.04. The molecule has 0 bridgehead atoms. The molecule has 0 radical (unpaired) electrons. The lowest BCUT2D eigenvalue weighted by atomic mass is 10.0. The largest absolute Gasteiger partial charge is 0.299 e. The van der Waals surface area contributed by atoms with Crippen LogP contribution in [0.15, 0.2) is 55.0 Å². The first kappa shape index (κ1) is 17.1. The summed E-state index contributed by atoms with van der Waals surface area (Å²) >= 11 is 0. The fraction of sp³-hybridized carbons (Fsp3) is 0.286. The van der Waals surface area contributed by atoms with Gasteiger partial charge in [0, 0.05) is 44.0 Å². The normalized spacial score (nSPS) is 10.8. The highest BCUT2D eigenvalue weighted by Gasteiger charge is 2.07. The molecule has 0 aliphatic carbocycles. The molecular formula is C21H23N3O. The van der Waals surface area contributed by atoms with Gasteiger partial charge >= 0.3 is 0 Å². The lowest BCUT2D eigenvalue weighted by Crippen LogP contribution is -2.03. The first-order valence-corrected chi connectivity index (χ1v) is 8.62. The van der Waals surface area contributed by atoms with Crippen molar-refractivity contribution in [1.82, 2.24) is 14.8 Å². The van der Waals surface area contributed by atoms with E-state index in [-0.39, 0.29) is 5.78 Å². The molecule has 25 heavy (non-hydrogen) atoms. The zero-order valence-corrected chi connectivity index (χ0v) is 14.8. The van der Waals surface area contributed by atoms with Gasteiger partial charge in [-0.3, -0.25) is 14.5 Å². The number of carbonyl (C=O) groups is 1. The molecule has 0 amide bonds. The highest BCUT2D eigenvalue weighted by atomic mass is 16.1. The highest BCUT2D eigenvalue weighted by Crippen LogP contribution is 2.23. The Kier molecular flexibility index (Phi) is 5.39. The van der Waals surface area contributed by atoms with Crippen molar-refractivity contribution in [2.24, 2.45) is 7.05 Å². The molecule has 0 aliphatic rings. The van der Waals surface area contributed by atoms with Gasteiger partial charge in [-0.2, -0.15) is 5.10 Å². The number of hydrogen-bond donors (Lipinski definition) is 0. The molecule has 0 unspecified atom stereocenters. The lowest BCUT2D eigenvalue weighted by molar-refractivity contribution is -0.118. The Labute approximate surface area is 148 Å². The molecule has 0 spiro atoms. The van der Waals surface area contributed by atoms with Gasteiger partial charge in [0.25, 0.3) is 0 Å². The van der Waals surface area contributed by atoms with Crippen molar-refractivity contribution in [3.63, 3.8) is 0 Å². The number of ketones is 1. The lowest BCUT2D eigenvalue weighted by Gasteiger charge is -2.04. The molecular weight excluding hydrogens is 310 g/mol. The quantitative estimate of drug-likeness (QED) is 0.658. The van der Waals surface area contributed by atoms with Crippen molar-refractivity contribution < 1.29 is 4.79 Å². The second-order valence-electron chi connectivity index (χ2n) is 6.43.